The van der Waals surface area contributed by atoms with Crippen LogP contribution in [0.1, 0.15) is 42.4 Å². The first-order chi connectivity index (χ1) is 15.8. The molecule has 0 atom stereocenters. The summed E-state index contributed by atoms with van der Waals surface area (Å²) < 4.78 is 5.42. The summed E-state index contributed by atoms with van der Waals surface area (Å²) in [5.41, 5.74) is 3.38. The van der Waals surface area contributed by atoms with Crippen molar-refractivity contribution in [3.05, 3.63) is 59.3 Å². The second-order valence-electron chi connectivity index (χ2n) is 8.67. The first-order valence-electron chi connectivity index (χ1n) is 11.9. The van der Waals surface area contributed by atoms with Crippen molar-refractivity contribution >= 4 is 11.8 Å². The summed E-state index contributed by atoms with van der Waals surface area (Å²) >= 11 is 0. The number of hydrogen-bond acceptors (Lipinski definition) is 5. The van der Waals surface area contributed by atoms with Gasteiger partial charge < -0.3 is 20.3 Å². The number of hydrogen-bond donors (Lipinski definition) is 2. The Labute approximate surface area is 191 Å². The van der Waals surface area contributed by atoms with Crippen LogP contribution in [0.25, 0.3) is 0 Å². The minimum Gasteiger partial charge on any atom is -0.379 e. The maximum atomic E-state index is 12.3. The standard InChI is InChI=1S/C25H35N5O2/c31-25(27-17-21-6-5-7-22(16-21)20-29-12-14-32-15-13-29)28-19-23-8-9-24(26-18-23)30-10-3-1-2-4-11-30/h5-9,16,18H,1-4,10-15,17,19-20H2,(H2,27,28,31). The number of nitrogens with one attached hydrogen (secondary N) is 2. The molecule has 3 heterocycles. The number of urea groups is 1. The molecule has 0 spiro atoms. The lowest BCUT2D eigenvalue weighted by Gasteiger charge is -2.26. The number of morpholine rings is 1. The van der Waals surface area contributed by atoms with Crippen LogP contribution in [0.2, 0.25) is 0 Å². The molecule has 7 nitrogen and oxygen atoms in total. The van der Waals surface area contributed by atoms with Crippen LogP contribution in [0.15, 0.2) is 42.6 Å². The molecule has 172 valence electrons. The predicted molar refractivity (Wildman–Crippen MR) is 127 cm³/mol. The Hall–Kier alpha value is -2.64. The highest BCUT2D eigenvalue weighted by molar-refractivity contribution is 5.73. The SMILES string of the molecule is O=C(NCc1ccc(N2CCCCCC2)nc1)NCc1cccc(CN2CCOCC2)c1. The van der Waals surface area contributed by atoms with Gasteiger partial charge in [0.25, 0.3) is 0 Å². The van der Waals surface area contributed by atoms with E-state index in [1.165, 1.54) is 31.2 Å². The van der Waals surface area contributed by atoms with Crippen LogP contribution in [0.4, 0.5) is 10.6 Å². The summed E-state index contributed by atoms with van der Waals surface area (Å²) in [6, 6.07) is 12.4. The molecule has 2 fully saturated rings. The van der Waals surface area contributed by atoms with E-state index in [0.717, 1.165) is 62.9 Å². The minimum atomic E-state index is -0.167. The number of amides is 2. The number of nitrogens with zero attached hydrogens (tertiary/aromatic N) is 3. The molecule has 2 amide bonds. The van der Waals surface area contributed by atoms with Crippen LogP contribution in [0, 0.1) is 0 Å². The van der Waals surface area contributed by atoms with Gasteiger partial charge in [-0.1, -0.05) is 43.2 Å². The monoisotopic (exact) mass is 437 g/mol. The summed E-state index contributed by atoms with van der Waals surface area (Å²) in [6.45, 7) is 7.61. The minimum absolute atomic E-state index is 0.167. The van der Waals surface area contributed by atoms with Crippen molar-refractivity contribution in [2.24, 2.45) is 0 Å². The van der Waals surface area contributed by atoms with Gasteiger partial charge in [0.15, 0.2) is 0 Å². The molecule has 2 aliphatic rings. The Morgan fingerprint density at radius 2 is 1.59 bits per heavy atom. The summed E-state index contributed by atoms with van der Waals surface area (Å²) in [7, 11) is 0. The number of benzene rings is 1. The predicted octanol–water partition coefficient (Wildman–Crippen LogP) is 3.29. The van der Waals surface area contributed by atoms with E-state index < -0.39 is 0 Å². The lowest BCUT2D eigenvalue weighted by atomic mass is 10.1. The van der Waals surface area contributed by atoms with Gasteiger partial charge in [-0.25, -0.2) is 9.78 Å². The largest absolute Gasteiger partial charge is 0.379 e. The maximum Gasteiger partial charge on any atom is 0.315 e. The third kappa shape index (κ3) is 6.93. The fourth-order valence-corrected chi connectivity index (χ4v) is 4.29. The lowest BCUT2D eigenvalue weighted by Crippen LogP contribution is -2.36. The number of rotatable bonds is 7. The zero-order valence-electron chi connectivity index (χ0n) is 18.9. The molecule has 0 bridgehead atoms. The molecule has 2 aliphatic heterocycles. The van der Waals surface area contributed by atoms with Gasteiger partial charge in [0, 0.05) is 52.0 Å². The number of aromatic nitrogens is 1. The zero-order chi connectivity index (χ0) is 22.0. The van der Waals surface area contributed by atoms with Gasteiger partial charge >= 0.3 is 6.03 Å². The quantitative estimate of drug-likeness (QED) is 0.696. The molecule has 7 heteroatoms. The first kappa shape index (κ1) is 22.6. The third-order valence-electron chi connectivity index (χ3n) is 6.15. The fraction of sp³-hybridized carbons (Fsp3) is 0.520. The Morgan fingerprint density at radius 1 is 0.875 bits per heavy atom. The molecule has 1 aromatic carbocycles. The van der Waals surface area contributed by atoms with E-state index in [4.69, 9.17) is 4.74 Å². The highest BCUT2D eigenvalue weighted by Gasteiger charge is 2.12. The second-order valence-corrected chi connectivity index (χ2v) is 8.67. The molecule has 2 N–H and O–H groups in total. The number of anilines is 1. The van der Waals surface area contributed by atoms with Crippen molar-refractivity contribution in [2.45, 2.75) is 45.3 Å². The van der Waals surface area contributed by atoms with Crippen LogP contribution in [-0.4, -0.2) is 55.3 Å². The number of ether oxygens (including phenoxy) is 1. The van der Waals surface area contributed by atoms with E-state index in [1.54, 1.807) is 0 Å². The van der Waals surface area contributed by atoms with Gasteiger partial charge in [-0.3, -0.25) is 4.90 Å². The van der Waals surface area contributed by atoms with E-state index in [2.05, 4.69) is 61.8 Å². The molecule has 0 saturated carbocycles. The van der Waals surface area contributed by atoms with Gasteiger partial charge in [0.2, 0.25) is 0 Å². The van der Waals surface area contributed by atoms with Crippen molar-refractivity contribution in [1.82, 2.24) is 20.5 Å². The van der Waals surface area contributed by atoms with Crippen molar-refractivity contribution in [3.8, 4) is 0 Å². The van der Waals surface area contributed by atoms with Gasteiger partial charge in [-0.15, -0.1) is 0 Å². The molecular weight excluding hydrogens is 402 g/mol. The molecule has 0 aliphatic carbocycles. The molecule has 4 rings (SSSR count). The van der Waals surface area contributed by atoms with Crippen molar-refractivity contribution in [1.29, 1.82) is 0 Å². The Kier molecular flexibility index (Phi) is 8.34. The molecule has 2 aromatic rings. The number of carbonyl (C=O) groups is 1. The Bertz CT molecular complexity index is 844. The number of carbonyl (C=O) groups excluding carboxylic acids is 1. The van der Waals surface area contributed by atoms with E-state index in [-0.39, 0.29) is 6.03 Å². The van der Waals surface area contributed by atoms with Crippen LogP contribution in [0.5, 0.6) is 0 Å². The van der Waals surface area contributed by atoms with Crippen molar-refractivity contribution in [2.75, 3.05) is 44.3 Å². The van der Waals surface area contributed by atoms with Crippen LogP contribution >= 0.6 is 0 Å². The van der Waals surface area contributed by atoms with Crippen molar-refractivity contribution < 1.29 is 9.53 Å². The Morgan fingerprint density at radius 3 is 2.31 bits per heavy atom. The molecule has 1 aromatic heterocycles. The van der Waals surface area contributed by atoms with Crippen LogP contribution in [-0.2, 0) is 24.4 Å². The third-order valence-corrected chi connectivity index (χ3v) is 6.15. The lowest BCUT2D eigenvalue weighted by molar-refractivity contribution is 0.0342. The molecule has 2 saturated heterocycles. The van der Waals surface area contributed by atoms with E-state index >= 15 is 0 Å². The molecule has 32 heavy (non-hydrogen) atoms. The normalized spacial score (nSPS) is 17.6. The first-order valence-corrected chi connectivity index (χ1v) is 11.9. The van der Waals surface area contributed by atoms with Gasteiger partial charge in [0.1, 0.15) is 5.82 Å². The topological polar surface area (TPSA) is 69.7 Å². The highest BCUT2D eigenvalue weighted by Crippen LogP contribution is 2.17. The average Bonchev–Trinajstić information content (AvgIpc) is 3.12. The van der Waals surface area contributed by atoms with Gasteiger partial charge in [0.05, 0.1) is 13.2 Å². The van der Waals surface area contributed by atoms with Crippen molar-refractivity contribution in [3.63, 3.8) is 0 Å². The van der Waals surface area contributed by atoms with E-state index in [1.807, 2.05) is 6.20 Å². The van der Waals surface area contributed by atoms with Crippen LogP contribution < -0.4 is 15.5 Å². The molecular formula is C25H35N5O2. The molecule has 0 unspecified atom stereocenters. The van der Waals surface area contributed by atoms with E-state index in [9.17, 15) is 4.79 Å². The zero-order valence-corrected chi connectivity index (χ0v) is 18.9. The Balaban J connectivity index is 1.20. The summed E-state index contributed by atoms with van der Waals surface area (Å²) in [4.78, 5) is 21.6. The van der Waals surface area contributed by atoms with Crippen LogP contribution in [0.3, 0.4) is 0 Å². The smallest absolute Gasteiger partial charge is 0.315 e. The molecule has 0 radical (unpaired) electrons. The average molecular weight is 438 g/mol. The maximum absolute atomic E-state index is 12.3. The summed E-state index contributed by atoms with van der Waals surface area (Å²) in [6.07, 6.45) is 6.97. The number of pyridine rings is 1. The second kappa shape index (κ2) is 11.8. The fourth-order valence-electron chi connectivity index (χ4n) is 4.29. The highest BCUT2D eigenvalue weighted by atomic mass is 16.5. The van der Waals surface area contributed by atoms with Gasteiger partial charge in [-0.05, 0) is 35.6 Å². The summed E-state index contributed by atoms with van der Waals surface area (Å²) in [5.74, 6) is 1.04. The van der Waals surface area contributed by atoms with E-state index in [0.29, 0.717) is 13.1 Å². The van der Waals surface area contributed by atoms with Gasteiger partial charge in [-0.2, -0.15) is 0 Å². The summed E-state index contributed by atoms with van der Waals surface area (Å²) in [5, 5.41) is 5.89.